The highest BCUT2D eigenvalue weighted by Gasteiger charge is 2.41. The maximum absolute atomic E-state index is 12.6. The highest BCUT2D eigenvalue weighted by atomic mass is 19.4. The number of hydrogen-bond donors (Lipinski definition) is 1. The summed E-state index contributed by atoms with van der Waals surface area (Å²) >= 11 is 0. The number of alkyl halides is 3. The fourth-order valence-electron chi connectivity index (χ4n) is 2.27. The molecular weight excluding hydrogens is 215 g/mol. The van der Waals surface area contributed by atoms with Gasteiger partial charge in [-0.15, -0.1) is 0 Å². The van der Waals surface area contributed by atoms with Crippen LogP contribution in [0.4, 0.5) is 13.2 Å². The fraction of sp³-hybridized carbons (Fsp3) is 0.500. The first-order valence-electron chi connectivity index (χ1n) is 5.34. The van der Waals surface area contributed by atoms with Crippen LogP contribution in [0.15, 0.2) is 24.3 Å². The molecule has 1 aromatic rings. The van der Waals surface area contributed by atoms with Gasteiger partial charge in [-0.25, -0.2) is 0 Å². The van der Waals surface area contributed by atoms with Crippen molar-refractivity contribution in [2.24, 2.45) is 0 Å². The molecule has 4 heteroatoms. The van der Waals surface area contributed by atoms with Crippen molar-refractivity contribution in [1.29, 1.82) is 0 Å². The first kappa shape index (κ1) is 11.5. The molecule has 0 amide bonds. The van der Waals surface area contributed by atoms with E-state index in [1.54, 1.807) is 0 Å². The zero-order valence-corrected chi connectivity index (χ0v) is 9.01. The molecule has 0 saturated heterocycles. The largest absolute Gasteiger partial charge is 0.403 e. The zero-order valence-electron chi connectivity index (χ0n) is 9.01. The second-order valence-corrected chi connectivity index (χ2v) is 4.22. The average molecular weight is 229 g/mol. The van der Waals surface area contributed by atoms with Crippen LogP contribution in [0.3, 0.4) is 0 Å². The molecule has 2 atom stereocenters. The number of benzene rings is 1. The monoisotopic (exact) mass is 229 g/mol. The Kier molecular flexibility index (Phi) is 2.93. The Balaban J connectivity index is 2.03. The zero-order chi connectivity index (χ0) is 11.8. The summed E-state index contributed by atoms with van der Waals surface area (Å²) in [7, 11) is 1.36. The number of halogens is 3. The van der Waals surface area contributed by atoms with Crippen LogP contribution in [0.25, 0.3) is 0 Å². The van der Waals surface area contributed by atoms with Crippen molar-refractivity contribution in [2.75, 3.05) is 7.05 Å². The summed E-state index contributed by atoms with van der Waals surface area (Å²) in [5, 5.41) is 2.35. The van der Waals surface area contributed by atoms with Crippen molar-refractivity contribution in [3.63, 3.8) is 0 Å². The molecule has 1 aliphatic rings. The highest BCUT2D eigenvalue weighted by molar-refractivity contribution is 5.39. The van der Waals surface area contributed by atoms with Gasteiger partial charge in [0.25, 0.3) is 0 Å². The van der Waals surface area contributed by atoms with E-state index in [4.69, 9.17) is 0 Å². The first-order valence-corrected chi connectivity index (χ1v) is 5.34. The third-order valence-electron chi connectivity index (χ3n) is 3.23. The summed E-state index contributed by atoms with van der Waals surface area (Å²) in [4.78, 5) is 0. The van der Waals surface area contributed by atoms with E-state index in [-0.39, 0.29) is 12.3 Å². The smallest absolute Gasteiger partial charge is 0.309 e. The Bertz CT molecular complexity index is 373. The maximum Gasteiger partial charge on any atom is 0.403 e. The summed E-state index contributed by atoms with van der Waals surface area (Å²) in [6, 6.07) is 6.31. The van der Waals surface area contributed by atoms with Crippen LogP contribution >= 0.6 is 0 Å². The molecule has 2 unspecified atom stereocenters. The molecule has 0 fully saturated rings. The second kappa shape index (κ2) is 4.09. The minimum Gasteiger partial charge on any atom is -0.309 e. The highest BCUT2D eigenvalue weighted by Crippen LogP contribution is 2.40. The molecule has 1 aliphatic carbocycles. The molecule has 1 nitrogen and oxygen atoms in total. The maximum atomic E-state index is 12.6. The van der Waals surface area contributed by atoms with E-state index in [1.807, 2.05) is 24.3 Å². The van der Waals surface area contributed by atoms with E-state index in [0.29, 0.717) is 0 Å². The third-order valence-corrected chi connectivity index (χ3v) is 3.23. The molecule has 16 heavy (non-hydrogen) atoms. The lowest BCUT2D eigenvalue weighted by molar-refractivity contribution is -0.157. The van der Waals surface area contributed by atoms with Gasteiger partial charge in [0, 0.05) is 0 Å². The van der Waals surface area contributed by atoms with Gasteiger partial charge in [-0.3, -0.25) is 0 Å². The minimum atomic E-state index is -4.15. The second-order valence-electron chi connectivity index (χ2n) is 4.22. The summed E-state index contributed by atoms with van der Waals surface area (Å²) in [6.07, 6.45) is -3.25. The number of hydrogen-bond acceptors (Lipinski definition) is 1. The summed E-state index contributed by atoms with van der Waals surface area (Å²) in [5.41, 5.74) is 2.26. The standard InChI is InChI=1S/C12H14F3N/c1-16-11(12(13,14)15)7-9-6-8-4-2-3-5-10(8)9/h2-5,9,11,16H,6-7H2,1H3. The Hall–Kier alpha value is -1.03. The summed E-state index contributed by atoms with van der Waals surface area (Å²) in [5.74, 6) is 0.0512. The number of nitrogens with one attached hydrogen (secondary N) is 1. The average Bonchev–Trinajstić information content (AvgIpc) is 2.18. The van der Waals surface area contributed by atoms with Gasteiger partial charge in [-0.1, -0.05) is 24.3 Å². The van der Waals surface area contributed by atoms with Gasteiger partial charge >= 0.3 is 6.18 Å². The Morgan fingerprint density at radius 2 is 2.06 bits per heavy atom. The van der Waals surface area contributed by atoms with E-state index in [9.17, 15) is 13.2 Å². The Morgan fingerprint density at radius 3 is 2.62 bits per heavy atom. The predicted molar refractivity (Wildman–Crippen MR) is 56.4 cm³/mol. The first-order chi connectivity index (χ1) is 7.52. The lowest BCUT2D eigenvalue weighted by Crippen LogP contribution is -2.42. The molecule has 0 aromatic heterocycles. The van der Waals surface area contributed by atoms with Gasteiger partial charge in [0.2, 0.25) is 0 Å². The van der Waals surface area contributed by atoms with Crippen LogP contribution in [0.2, 0.25) is 0 Å². The van der Waals surface area contributed by atoms with Gasteiger partial charge in [0.1, 0.15) is 6.04 Å². The van der Waals surface area contributed by atoms with Crippen LogP contribution in [0.1, 0.15) is 23.5 Å². The molecule has 0 aliphatic heterocycles. The number of rotatable bonds is 3. The van der Waals surface area contributed by atoms with E-state index < -0.39 is 12.2 Å². The molecule has 2 rings (SSSR count). The van der Waals surface area contributed by atoms with Crippen molar-refractivity contribution < 1.29 is 13.2 Å². The normalized spacial score (nSPS) is 21.1. The lowest BCUT2D eigenvalue weighted by Gasteiger charge is -2.33. The Morgan fingerprint density at radius 1 is 1.38 bits per heavy atom. The van der Waals surface area contributed by atoms with Gasteiger partial charge in [-0.05, 0) is 36.9 Å². The van der Waals surface area contributed by atoms with Crippen molar-refractivity contribution in [1.82, 2.24) is 5.32 Å². The van der Waals surface area contributed by atoms with Crippen LogP contribution in [-0.4, -0.2) is 19.3 Å². The molecule has 0 bridgehead atoms. The van der Waals surface area contributed by atoms with Gasteiger partial charge in [0.15, 0.2) is 0 Å². The molecule has 88 valence electrons. The van der Waals surface area contributed by atoms with E-state index >= 15 is 0 Å². The van der Waals surface area contributed by atoms with Crippen molar-refractivity contribution >= 4 is 0 Å². The van der Waals surface area contributed by atoms with Crippen molar-refractivity contribution in [2.45, 2.75) is 31.0 Å². The molecule has 0 saturated carbocycles. The van der Waals surface area contributed by atoms with E-state index in [1.165, 1.54) is 12.6 Å². The van der Waals surface area contributed by atoms with Crippen molar-refractivity contribution in [3.05, 3.63) is 35.4 Å². The van der Waals surface area contributed by atoms with Crippen LogP contribution in [-0.2, 0) is 6.42 Å². The molecule has 0 radical (unpaired) electrons. The van der Waals surface area contributed by atoms with Gasteiger partial charge < -0.3 is 5.32 Å². The molecule has 1 aromatic carbocycles. The predicted octanol–water partition coefficient (Wildman–Crippen LogP) is 2.87. The number of fused-ring (bicyclic) bond motifs is 1. The Labute approximate surface area is 92.7 Å². The SMILES string of the molecule is CNC(CC1Cc2ccccc21)C(F)(F)F. The van der Waals surface area contributed by atoms with Crippen LogP contribution in [0.5, 0.6) is 0 Å². The molecule has 0 heterocycles. The topological polar surface area (TPSA) is 12.0 Å². The fourth-order valence-corrected chi connectivity index (χ4v) is 2.27. The van der Waals surface area contributed by atoms with E-state index in [0.717, 1.165) is 12.0 Å². The molecular formula is C12H14F3N. The van der Waals surface area contributed by atoms with Gasteiger partial charge in [-0.2, -0.15) is 13.2 Å². The lowest BCUT2D eigenvalue weighted by atomic mass is 9.74. The molecule has 1 N–H and O–H groups in total. The van der Waals surface area contributed by atoms with Crippen LogP contribution in [0, 0.1) is 0 Å². The quantitative estimate of drug-likeness (QED) is 0.840. The van der Waals surface area contributed by atoms with E-state index in [2.05, 4.69) is 5.32 Å². The molecule has 0 spiro atoms. The van der Waals surface area contributed by atoms with Gasteiger partial charge in [0.05, 0.1) is 0 Å². The minimum absolute atomic E-state index is 0.0512. The van der Waals surface area contributed by atoms with Crippen LogP contribution < -0.4 is 5.32 Å². The van der Waals surface area contributed by atoms with Crippen molar-refractivity contribution in [3.8, 4) is 0 Å². The third kappa shape index (κ3) is 2.07. The summed E-state index contributed by atoms with van der Waals surface area (Å²) < 4.78 is 37.7. The summed E-state index contributed by atoms with van der Waals surface area (Å²) in [6.45, 7) is 0.